The quantitative estimate of drug-likeness (QED) is 0.646. The lowest BCUT2D eigenvalue weighted by Gasteiger charge is -2.39. The van der Waals surface area contributed by atoms with Crippen LogP contribution in [0.2, 0.25) is 0 Å². The first kappa shape index (κ1) is 19.9. The fourth-order valence-electron chi connectivity index (χ4n) is 3.95. The van der Waals surface area contributed by atoms with Crippen molar-refractivity contribution in [2.75, 3.05) is 10.0 Å². The molecule has 0 bridgehead atoms. The Labute approximate surface area is 176 Å². The minimum Gasteiger partial charge on any atom is -0.378 e. The second-order valence-corrected chi connectivity index (χ2v) is 9.72. The molecule has 1 aromatic heterocycles. The molecule has 0 radical (unpaired) electrons. The molecule has 0 amide bonds. The first-order chi connectivity index (χ1) is 14.3. The lowest BCUT2D eigenvalue weighted by molar-refractivity contribution is 0.427. The highest BCUT2D eigenvalue weighted by molar-refractivity contribution is 7.92. The van der Waals surface area contributed by atoms with Crippen molar-refractivity contribution in [1.29, 1.82) is 5.26 Å². The van der Waals surface area contributed by atoms with Gasteiger partial charge in [-0.1, -0.05) is 32.0 Å². The molecule has 7 heteroatoms. The highest BCUT2D eigenvalue weighted by Gasteiger charge is 2.34. The summed E-state index contributed by atoms with van der Waals surface area (Å²) in [5.74, 6) is 0. The molecule has 2 aromatic carbocycles. The summed E-state index contributed by atoms with van der Waals surface area (Å²) in [6.07, 6.45) is 3.62. The molecule has 30 heavy (non-hydrogen) atoms. The van der Waals surface area contributed by atoms with Crippen LogP contribution in [0.3, 0.4) is 0 Å². The van der Waals surface area contributed by atoms with Gasteiger partial charge in [0.15, 0.2) is 0 Å². The van der Waals surface area contributed by atoms with Gasteiger partial charge in [0, 0.05) is 18.1 Å². The molecular weight excluding hydrogens is 396 g/mol. The monoisotopic (exact) mass is 418 g/mol. The highest BCUT2D eigenvalue weighted by Crippen LogP contribution is 2.45. The van der Waals surface area contributed by atoms with Gasteiger partial charge in [-0.05, 0) is 59.4 Å². The number of nitrogens with one attached hydrogen (secondary N) is 2. The molecule has 0 saturated carbocycles. The molecule has 4 rings (SSSR count). The zero-order chi connectivity index (χ0) is 21.4. The largest absolute Gasteiger partial charge is 0.378 e. The van der Waals surface area contributed by atoms with Crippen LogP contribution in [0.5, 0.6) is 0 Å². The van der Waals surface area contributed by atoms with E-state index in [4.69, 9.17) is 0 Å². The summed E-state index contributed by atoms with van der Waals surface area (Å²) in [7, 11) is -3.75. The van der Waals surface area contributed by atoms with Crippen molar-refractivity contribution in [3.8, 4) is 6.07 Å². The minimum atomic E-state index is -3.75. The Morgan fingerprint density at radius 3 is 2.70 bits per heavy atom. The number of sulfonamides is 1. The number of benzene rings is 2. The van der Waals surface area contributed by atoms with Crippen molar-refractivity contribution in [1.82, 2.24) is 4.98 Å². The number of nitriles is 1. The molecule has 0 aliphatic carbocycles. The van der Waals surface area contributed by atoms with E-state index >= 15 is 0 Å². The maximum absolute atomic E-state index is 12.8. The second kappa shape index (κ2) is 7.47. The van der Waals surface area contributed by atoms with E-state index in [9.17, 15) is 13.7 Å². The fraction of sp³-hybridized carbons (Fsp3) is 0.217. The van der Waals surface area contributed by atoms with E-state index in [2.05, 4.69) is 34.9 Å². The van der Waals surface area contributed by atoms with Crippen LogP contribution in [-0.4, -0.2) is 13.4 Å². The molecule has 0 spiro atoms. The third-order valence-corrected chi connectivity index (χ3v) is 6.80. The topological polar surface area (TPSA) is 94.9 Å². The number of hydrogen-bond acceptors (Lipinski definition) is 5. The van der Waals surface area contributed by atoms with Gasteiger partial charge in [-0.25, -0.2) is 8.42 Å². The third-order valence-electron chi connectivity index (χ3n) is 5.45. The van der Waals surface area contributed by atoms with Crippen molar-refractivity contribution in [3.05, 3.63) is 83.7 Å². The maximum atomic E-state index is 12.8. The van der Waals surface area contributed by atoms with E-state index in [-0.39, 0.29) is 16.4 Å². The normalized spacial score (nSPS) is 17.3. The molecule has 6 nitrogen and oxygen atoms in total. The zero-order valence-corrected chi connectivity index (χ0v) is 17.6. The Kier molecular flexibility index (Phi) is 4.96. The summed E-state index contributed by atoms with van der Waals surface area (Å²) in [5.41, 5.74) is 3.89. The van der Waals surface area contributed by atoms with Crippen LogP contribution in [0.15, 0.2) is 71.9 Å². The van der Waals surface area contributed by atoms with Crippen molar-refractivity contribution in [3.63, 3.8) is 0 Å². The standard InChI is InChI=1S/C23H22N4O2S/c1-23(2)13-22(26-21-10-9-16(14-24)12-19(21)23)18-7-3-4-8-20(18)27-30(28,29)17-6-5-11-25-15-17/h3-12,15,22,26-27H,13H2,1-2H3. The molecule has 2 N–H and O–H groups in total. The molecular formula is C23H22N4O2S. The van der Waals surface area contributed by atoms with E-state index in [1.165, 1.54) is 18.5 Å². The van der Waals surface area contributed by atoms with Gasteiger partial charge >= 0.3 is 0 Å². The smallest absolute Gasteiger partial charge is 0.263 e. The van der Waals surface area contributed by atoms with Crippen molar-refractivity contribution in [2.24, 2.45) is 0 Å². The number of aromatic nitrogens is 1. The predicted molar refractivity (Wildman–Crippen MR) is 117 cm³/mol. The van der Waals surface area contributed by atoms with Gasteiger partial charge in [0.1, 0.15) is 4.90 Å². The Balaban J connectivity index is 1.70. The summed E-state index contributed by atoms with van der Waals surface area (Å²) in [5, 5.41) is 12.8. The number of pyridine rings is 1. The van der Waals surface area contributed by atoms with E-state index < -0.39 is 10.0 Å². The predicted octanol–water partition coefficient (Wildman–Crippen LogP) is 4.59. The van der Waals surface area contributed by atoms with Crippen LogP contribution >= 0.6 is 0 Å². The van der Waals surface area contributed by atoms with Gasteiger partial charge in [0.05, 0.1) is 23.4 Å². The molecule has 0 fully saturated rings. The van der Waals surface area contributed by atoms with Crippen LogP contribution in [0.25, 0.3) is 0 Å². The summed E-state index contributed by atoms with van der Waals surface area (Å²) < 4.78 is 28.4. The summed E-state index contributed by atoms with van der Waals surface area (Å²) in [6, 6.07) is 18.3. The number of nitrogens with zero attached hydrogens (tertiary/aromatic N) is 2. The lowest BCUT2D eigenvalue weighted by Crippen LogP contribution is -2.31. The van der Waals surface area contributed by atoms with Gasteiger partial charge < -0.3 is 5.32 Å². The molecule has 1 atom stereocenters. The average molecular weight is 419 g/mol. The summed E-state index contributed by atoms with van der Waals surface area (Å²) in [6.45, 7) is 4.28. The van der Waals surface area contributed by atoms with Gasteiger partial charge in [-0.15, -0.1) is 0 Å². The zero-order valence-electron chi connectivity index (χ0n) is 16.8. The molecule has 152 valence electrons. The number of anilines is 2. The number of rotatable bonds is 4. The van der Waals surface area contributed by atoms with Crippen molar-refractivity contribution >= 4 is 21.4 Å². The molecule has 2 heterocycles. The Morgan fingerprint density at radius 2 is 1.97 bits per heavy atom. The Hall–Kier alpha value is -3.37. The number of hydrogen-bond donors (Lipinski definition) is 2. The first-order valence-corrected chi connectivity index (χ1v) is 11.1. The van der Waals surface area contributed by atoms with E-state index in [0.29, 0.717) is 11.3 Å². The molecule has 0 saturated heterocycles. The van der Waals surface area contributed by atoms with Gasteiger partial charge in [0.2, 0.25) is 0 Å². The summed E-state index contributed by atoms with van der Waals surface area (Å²) in [4.78, 5) is 4.03. The van der Waals surface area contributed by atoms with Gasteiger partial charge in [-0.3, -0.25) is 9.71 Å². The second-order valence-electron chi connectivity index (χ2n) is 8.04. The van der Waals surface area contributed by atoms with Crippen LogP contribution < -0.4 is 10.0 Å². The summed E-state index contributed by atoms with van der Waals surface area (Å²) >= 11 is 0. The number of fused-ring (bicyclic) bond motifs is 1. The maximum Gasteiger partial charge on any atom is 0.263 e. The van der Waals surface area contributed by atoms with Crippen LogP contribution in [0.4, 0.5) is 11.4 Å². The van der Waals surface area contributed by atoms with Gasteiger partial charge in [0.25, 0.3) is 10.0 Å². The molecule has 1 aliphatic rings. The van der Waals surface area contributed by atoms with Crippen LogP contribution in [0.1, 0.15) is 43.0 Å². The van der Waals surface area contributed by atoms with E-state index in [1.807, 2.05) is 30.3 Å². The minimum absolute atomic E-state index is 0.0896. The van der Waals surface area contributed by atoms with Crippen LogP contribution in [-0.2, 0) is 15.4 Å². The number of para-hydroxylation sites is 1. The third kappa shape index (κ3) is 3.74. The first-order valence-electron chi connectivity index (χ1n) is 9.63. The molecule has 1 aliphatic heterocycles. The SMILES string of the molecule is CC1(C)CC(c2ccccc2NS(=O)(=O)c2cccnc2)Nc2ccc(C#N)cc21. The van der Waals surface area contributed by atoms with E-state index in [1.54, 1.807) is 18.2 Å². The fourth-order valence-corrected chi connectivity index (χ4v) is 5.00. The highest BCUT2D eigenvalue weighted by atomic mass is 32.2. The van der Waals surface area contributed by atoms with E-state index in [0.717, 1.165) is 23.2 Å². The van der Waals surface area contributed by atoms with Crippen molar-refractivity contribution in [2.45, 2.75) is 36.6 Å². The molecule has 3 aromatic rings. The van der Waals surface area contributed by atoms with Crippen LogP contribution in [0, 0.1) is 11.3 Å². The molecule has 1 unspecified atom stereocenters. The Bertz CT molecular complexity index is 1230. The van der Waals surface area contributed by atoms with Crippen molar-refractivity contribution < 1.29 is 8.42 Å². The average Bonchev–Trinajstić information content (AvgIpc) is 2.74. The lowest BCUT2D eigenvalue weighted by atomic mass is 9.73. The Morgan fingerprint density at radius 1 is 1.17 bits per heavy atom. The van der Waals surface area contributed by atoms with Gasteiger partial charge in [-0.2, -0.15) is 5.26 Å².